The van der Waals surface area contributed by atoms with Crippen LogP contribution in [0.5, 0.6) is 0 Å². The van der Waals surface area contributed by atoms with Crippen molar-refractivity contribution in [3.8, 4) is 0 Å². The van der Waals surface area contributed by atoms with E-state index in [9.17, 15) is 4.79 Å². The molecule has 2 heterocycles. The van der Waals surface area contributed by atoms with Crippen LogP contribution < -0.4 is 10.6 Å². The molecule has 1 atom stereocenters. The van der Waals surface area contributed by atoms with Gasteiger partial charge in [-0.2, -0.15) is 0 Å². The Morgan fingerprint density at radius 2 is 2.15 bits per heavy atom. The minimum absolute atomic E-state index is 0.244. The Morgan fingerprint density at radius 1 is 1.35 bits per heavy atom. The molecule has 0 radical (unpaired) electrons. The molecule has 1 unspecified atom stereocenters. The first-order valence-corrected chi connectivity index (χ1v) is 6.76. The van der Waals surface area contributed by atoms with Gasteiger partial charge in [0.1, 0.15) is 5.15 Å². The molecule has 1 aliphatic heterocycles. The molecule has 0 spiro atoms. The van der Waals surface area contributed by atoms with Crippen LogP contribution in [0.3, 0.4) is 0 Å². The maximum atomic E-state index is 11.6. The van der Waals surface area contributed by atoms with Gasteiger partial charge in [0.2, 0.25) is 5.91 Å². The minimum atomic E-state index is -0.283. The van der Waals surface area contributed by atoms with Gasteiger partial charge >= 0.3 is 0 Å². The highest BCUT2D eigenvalue weighted by atomic mass is 35.5. The number of carbonyl (C=O) groups excluding carboxylic acids is 1. The van der Waals surface area contributed by atoms with Crippen LogP contribution in [0, 0.1) is 0 Å². The number of amides is 1. The van der Waals surface area contributed by atoms with Gasteiger partial charge in [0.05, 0.1) is 5.92 Å². The van der Waals surface area contributed by atoms with E-state index in [1.165, 1.54) is 0 Å². The number of halogens is 1. The van der Waals surface area contributed by atoms with Crippen molar-refractivity contribution in [3.63, 3.8) is 0 Å². The zero-order valence-electron chi connectivity index (χ0n) is 10.8. The zero-order chi connectivity index (χ0) is 14.1. The van der Waals surface area contributed by atoms with E-state index in [1.807, 2.05) is 30.3 Å². The second kappa shape index (κ2) is 5.13. The summed E-state index contributed by atoms with van der Waals surface area (Å²) < 4.78 is 0. The number of pyridine rings is 1. The highest BCUT2D eigenvalue weighted by Gasteiger charge is 2.31. The summed E-state index contributed by atoms with van der Waals surface area (Å²) in [6.45, 7) is 1.29. The summed E-state index contributed by atoms with van der Waals surface area (Å²) in [5, 5.41) is 0.477. The number of rotatable bonds is 3. The van der Waals surface area contributed by atoms with E-state index in [0.29, 0.717) is 18.2 Å². The smallest absolute Gasteiger partial charge is 0.226 e. The SMILES string of the molecule is NC(=O)C1CN(Cc2ccc(Cl)nc2)c2ccccc21. The molecule has 1 aromatic heterocycles. The van der Waals surface area contributed by atoms with Gasteiger partial charge in [0.25, 0.3) is 0 Å². The monoisotopic (exact) mass is 287 g/mol. The van der Waals surface area contributed by atoms with Gasteiger partial charge in [-0.15, -0.1) is 0 Å². The molecule has 5 heteroatoms. The maximum Gasteiger partial charge on any atom is 0.226 e. The van der Waals surface area contributed by atoms with Crippen LogP contribution in [-0.4, -0.2) is 17.4 Å². The van der Waals surface area contributed by atoms with Crippen molar-refractivity contribution >= 4 is 23.2 Å². The molecule has 4 nitrogen and oxygen atoms in total. The molecule has 102 valence electrons. The molecule has 0 saturated carbocycles. The van der Waals surface area contributed by atoms with Crippen molar-refractivity contribution in [2.24, 2.45) is 5.73 Å². The number of aromatic nitrogens is 1. The molecule has 0 bridgehead atoms. The summed E-state index contributed by atoms with van der Waals surface area (Å²) in [7, 11) is 0. The molecule has 3 rings (SSSR count). The first kappa shape index (κ1) is 12.9. The van der Waals surface area contributed by atoms with Crippen molar-refractivity contribution in [2.45, 2.75) is 12.5 Å². The Kier molecular flexibility index (Phi) is 3.32. The number of hydrogen-bond acceptors (Lipinski definition) is 3. The Labute approximate surface area is 122 Å². The topological polar surface area (TPSA) is 59.2 Å². The van der Waals surface area contributed by atoms with Crippen LogP contribution in [0.2, 0.25) is 5.15 Å². The lowest BCUT2D eigenvalue weighted by atomic mass is 10.0. The Bertz CT molecular complexity index is 642. The van der Waals surface area contributed by atoms with Crippen LogP contribution in [0.25, 0.3) is 0 Å². The third-order valence-corrected chi connectivity index (χ3v) is 3.78. The first-order chi connectivity index (χ1) is 9.65. The third kappa shape index (κ3) is 2.34. The Morgan fingerprint density at radius 3 is 2.85 bits per heavy atom. The predicted octanol–water partition coefficient (Wildman–Crippen LogP) is 2.32. The highest BCUT2D eigenvalue weighted by molar-refractivity contribution is 6.29. The maximum absolute atomic E-state index is 11.6. The Balaban J connectivity index is 1.88. The number of para-hydroxylation sites is 1. The molecule has 1 aromatic carbocycles. The van der Waals surface area contributed by atoms with Crippen molar-refractivity contribution in [2.75, 3.05) is 11.4 Å². The van der Waals surface area contributed by atoms with E-state index in [1.54, 1.807) is 12.3 Å². The summed E-state index contributed by atoms with van der Waals surface area (Å²) in [5.74, 6) is -0.527. The minimum Gasteiger partial charge on any atom is -0.369 e. The van der Waals surface area contributed by atoms with Crippen molar-refractivity contribution < 1.29 is 4.79 Å². The van der Waals surface area contributed by atoms with Crippen LogP contribution in [-0.2, 0) is 11.3 Å². The summed E-state index contributed by atoms with van der Waals surface area (Å²) in [6.07, 6.45) is 1.75. The van der Waals surface area contributed by atoms with Gasteiger partial charge in [-0.05, 0) is 23.3 Å². The predicted molar refractivity (Wildman–Crippen MR) is 78.7 cm³/mol. The van der Waals surface area contributed by atoms with Gasteiger partial charge in [0, 0.05) is 25.0 Å². The average Bonchev–Trinajstić information content (AvgIpc) is 2.81. The van der Waals surface area contributed by atoms with Gasteiger partial charge in [0.15, 0.2) is 0 Å². The zero-order valence-corrected chi connectivity index (χ0v) is 11.5. The fraction of sp³-hybridized carbons (Fsp3) is 0.200. The van der Waals surface area contributed by atoms with E-state index in [0.717, 1.165) is 16.8 Å². The fourth-order valence-corrected chi connectivity index (χ4v) is 2.71. The normalized spacial score (nSPS) is 17.1. The summed E-state index contributed by atoms with van der Waals surface area (Å²) in [4.78, 5) is 17.8. The van der Waals surface area contributed by atoms with Gasteiger partial charge in [-0.1, -0.05) is 35.9 Å². The van der Waals surface area contributed by atoms with Crippen LogP contribution in [0.15, 0.2) is 42.6 Å². The first-order valence-electron chi connectivity index (χ1n) is 6.39. The summed E-state index contributed by atoms with van der Waals surface area (Å²) in [5.41, 5.74) is 8.61. The lowest BCUT2D eigenvalue weighted by Crippen LogP contribution is -2.27. The van der Waals surface area contributed by atoms with E-state index in [-0.39, 0.29) is 11.8 Å². The lowest BCUT2D eigenvalue weighted by molar-refractivity contribution is -0.119. The van der Waals surface area contributed by atoms with Gasteiger partial charge in [-0.25, -0.2) is 4.98 Å². The second-order valence-corrected chi connectivity index (χ2v) is 5.27. The average molecular weight is 288 g/mol. The van der Waals surface area contributed by atoms with Crippen LogP contribution in [0.1, 0.15) is 17.0 Å². The number of fused-ring (bicyclic) bond motifs is 1. The number of hydrogen-bond donors (Lipinski definition) is 1. The molecule has 0 fully saturated rings. The standard InChI is InChI=1S/C15H14ClN3O/c16-14-6-5-10(7-18-14)8-19-9-12(15(17)20)11-3-1-2-4-13(11)19/h1-7,12H,8-9H2,(H2,17,20). The molecule has 2 N–H and O–H groups in total. The molecular formula is C15H14ClN3O. The van der Waals surface area contributed by atoms with Crippen molar-refractivity contribution in [1.29, 1.82) is 0 Å². The molecule has 20 heavy (non-hydrogen) atoms. The number of benzene rings is 1. The van der Waals surface area contributed by atoms with Crippen molar-refractivity contribution in [1.82, 2.24) is 4.98 Å². The third-order valence-electron chi connectivity index (χ3n) is 3.56. The van der Waals surface area contributed by atoms with Crippen molar-refractivity contribution in [3.05, 3.63) is 58.9 Å². The van der Waals surface area contributed by atoms with Gasteiger partial charge < -0.3 is 10.6 Å². The molecule has 2 aromatic rings. The largest absolute Gasteiger partial charge is 0.369 e. The van der Waals surface area contributed by atoms with E-state index < -0.39 is 0 Å². The molecule has 1 amide bonds. The van der Waals surface area contributed by atoms with Crippen LogP contribution >= 0.6 is 11.6 Å². The highest BCUT2D eigenvalue weighted by Crippen LogP contribution is 2.36. The molecule has 0 saturated heterocycles. The Hall–Kier alpha value is -2.07. The fourth-order valence-electron chi connectivity index (χ4n) is 2.60. The van der Waals surface area contributed by atoms with E-state index in [2.05, 4.69) is 9.88 Å². The number of nitrogens with zero attached hydrogens (tertiary/aromatic N) is 2. The summed E-state index contributed by atoms with van der Waals surface area (Å²) >= 11 is 5.79. The lowest BCUT2D eigenvalue weighted by Gasteiger charge is -2.19. The summed E-state index contributed by atoms with van der Waals surface area (Å²) in [6, 6.07) is 11.6. The van der Waals surface area contributed by atoms with E-state index in [4.69, 9.17) is 17.3 Å². The van der Waals surface area contributed by atoms with Gasteiger partial charge in [-0.3, -0.25) is 4.79 Å². The molecule has 1 aliphatic rings. The van der Waals surface area contributed by atoms with E-state index >= 15 is 0 Å². The quantitative estimate of drug-likeness (QED) is 0.882. The number of anilines is 1. The molecule has 0 aliphatic carbocycles. The number of primary amides is 1. The number of carbonyl (C=O) groups is 1. The number of nitrogens with two attached hydrogens (primary N) is 1. The second-order valence-electron chi connectivity index (χ2n) is 4.88. The molecular weight excluding hydrogens is 274 g/mol. The van der Waals surface area contributed by atoms with Crippen LogP contribution in [0.4, 0.5) is 5.69 Å².